The first-order valence-corrected chi connectivity index (χ1v) is 26.8. The van der Waals surface area contributed by atoms with Crippen molar-refractivity contribution >= 4 is 17.9 Å². The molecular weight excluding hydrogens is 781 g/mol. The average Bonchev–Trinajstić information content (AvgIpc) is 3.28. The minimum Gasteiger partial charge on any atom is -0.462 e. The Morgan fingerprint density at radius 2 is 0.619 bits per heavy atom. The van der Waals surface area contributed by atoms with Crippen molar-refractivity contribution in [1.82, 2.24) is 0 Å². The van der Waals surface area contributed by atoms with Crippen LogP contribution in [0.4, 0.5) is 0 Å². The van der Waals surface area contributed by atoms with E-state index in [0.717, 1.165) is 89.9 Å². The lowest BCUT2D eigenvalue weighted by Gasteiger charge is -2.18. The maximum Gasteiger partial charge on any atom is 0.306 e. The maximum atomic E-state index is 12.8. The zero-order chi connectivity index (χ0) is 45.8. The number of allylic oxidation sites excluding steroid dienone is 10. The van der Waals surface area contributed by atoms with Crippen LogP contribution in [-0.4, -0.2) is 37.2 Å². The Kier molecular flexibility index (Phi) is 49.4. The molecular formula is C57H100O6. The molecule has 0 aliphatic rings. The molecule has 0 fully saturated rings. The van der Waals surface area contributed by atoms with Crippen LogP contribution in [0, 0.1) is 0 Å². The fraction of sp³-hybridized carbons (Fsp3) is 0.772. The predicted octanol–water partition coefficient (Wildman–Crippen LogP) is 17.6. The number of ether oxygens (including phenoxy) is 3. The molecule has 0 heterocycles. The quantitative estimate of drug-likeness (QED) is 0.0262. The highest BCUT2D eigenvalue weighted by atomic mass is 16.6. The lowest BCUT2D eigenvalue weighted by atomic mass is 10.1. The summed E-state index contributed by atoms with van der Waals surface area (Å²) in [4.78, 5) is 37.9. The summed E-state index contributed by atoms with van der Waals surface area (Å²) in [7, 11) is 0. The molecule has 0 radical (unpaired) electrons. The van der Waals surface area contributed by atoms with E-state index < -0.39 is 6.10 Å². The molecule has 0 N–H and O–H groups in total. The van der Waals surface area contributed by atoms with Gasteiger partial charge in [0.15, 0.2) is 6.10 Å². The van der Waals surface area contributed by atoms with E-state index in [4.69, 9.17) is 14.2 Å². The zero-order valence-electron chi connectivity index (χ0n) is 41.6. The van der Waals surface area contributed by atoms with E-state index in [1.165, 1.54) is 135 Å². The fourth-order valence-corrected chi connectivity index (χ4v) is 7.49. The number of esters is 3. The number of carbonyl (C=O) groups is 3. The normalized spacial score (nSPS) is 12.5. The third-order valence-corrected chi connectivity index (χ3v) is 11.5. The number of unbranched alkanes of at least 4 members (excludes halogenated alkanes) is 27. The molecule has 1 atom stereocenters. The van der Waals surface area contributed by atoms with E-state index in [0.29, 0.717) is 19.3 Å². The highest BCUT2D eigenvalue weighted by molar-refractivity contribution is 5.71. The molecule has 1 unspecified atom stereocenters. The van der Waals surface area contributed by atoms with Gasteiger partial charge in [0.1, 0.15) is 13.2 Å². The number of hydrogen-bond donors (Lipinski definition) is 0. The minimum absolute atomic E-state index is 0.0856. The molecule has 0 aromatic rings. The Morgan fingerprint density at radius 1 is 0.333 bits per heavy atom. The summed E-state index contributed by atoms with van der Waals surface area (Å²) < 4.78 is 16.8. The van der Waals surface area contributed by atoms with E-state index in [-0.39, 0.29) is 31.1 Å². The van der Waals surface area contributed by atoms with Crippen molar-refractivity contribution < 1.29 is 28.6 Å². The van der Waals surface area contributed by atoms with Gasteiger partial charge in [0.2, 0.25) is 0 Å². The molecule has 0 spiro atoms. The zero-order valence-corrected chi connectivity index (χ0v) is 41.6. The Bertz CT molecular complexity index is 1150. The molecule has 0 aromatic carbocycles. The standard InChI is InChI=1S/C57H100O6/c1-4-7-10-13-16-19-22-24-25-26-27-28-29-30-31-33-35-38-41-44-47-50-56(59)62-53-54(52-61-55(58)49-46-43-40-37-34-21-18-15-12-9-6-3)63-57(60)51-48-45-42-39-36-32-23-20-17-14-11-8-5-2/h8,11,17,20,22,24,26-27,32,36,54H,4-7,9-10,12-16,18-19,21,23,25,28-31,33-35,37-53H2,1-3H3/b11-8-,20-17-,24-22-,27-26-,36-32-. The second-order valence-electron chi connectivity index (χ2n) is 17.8. The van der Waals surface area contributed by atoms with Gasteiger partial charge in [0.05, 0.1) is 0 Å². The average molecular weight is 881 g/mol. The SMILES string of the molecule is CC/C=C\C/C=C\C/C=C\CCCCCC(=O)OC(COC(=O)CCCCCCCCCCC/C=C\C/C=C\CCCCCCC)COC(=O)CCCCCCCCCCCCC. The van der Waals surface area contributed by atoms with Crippen molar-refractivity contribution in [3.8, 4) is 0 Å². The molecule has 0 amide bonds. The van der Waals surface area contributed by atoms with Crippen molar-refractivity contribution in [2.24, 2.45) is 0 Å². The van der Waals surface area contributed by atoms with Crippen LogP contribution in [0.25, 0.3) is 0 Å². The smallest absolute Gasteiger partial charge is 0.306 e. The molecule has 0 aliphatic heterocycles. The fourth-order valence-electron chi connectivity index (χ4n) is 7.49. The Balaban J connectivity index is 4.32. The van der Waals surface area contributed by atoms with Crippen molar-refractivity contribution in [2.75, 3.05) is 13.2 Å². The van der Waals surface area contributed by atoms with Crippen LogP contribution in [0.2, 0.25) is 0 Å². The van der Waals surface area contributed by atoms with Crippen LogP contribution < -0.4 is 0 Å². The first kappa shape index (κ1) is 60.1. The van der Waals surface area contributed by atoms with Gasteiger partial charge in [-0.3, -0.25) is 14.4 Å². The second kappa shape index (κ2) is 51.7. The molecule has 6 heteroatoms. The Labute approximate surface area is 390 Å². The van der Waals surface area contributed by atoms with Gasteiger partial charge >= 0.3 is 17.9 Å². The monoisotopic (exact) mass is 881 g/mol. The van der Waals surface area contributed by atoms with Gasteiger partial charge < -0.3 is 14.2 Å². The maximum absolute atomic E-state index is 12.8. The van der Waals surface area contributed by atoms with Crippen molar-refractivity contribution in [3.63, 3.8) is 0 Å². The van der Waals surface area contributed by atoms with Crippen molar-refractivity contribution in [2.45, 2.75) is 271 Å². The molecule has 0 saturated carbocycles. The van der Waals surface area contributed by atoms with E-state index in [1.54, 1.807) is 0 Å². The van der Waals surface area contributed by atoms with Gasteiger partial charge in [-0.1, -0.05) is 223 Å². The van der Waals surface area contributed by atoms with Crippen LogP contribution in [0.15, 0.2) is 60.8 Å². The highest BCUT2D eigenvalue weighted by Gasteiger charge is 2.19. The second-order valence-corrected chi connectivity index (χ2v) is 17.8. The molecule has 63 heavy (non-hydrogen) atoms. The Morgan fingerprint density at radius 3 is 0.984 bits per heavy atom. The van der Waals surface area contributed by atoms with Gasteiger partial charge in [-0.15, -0.1) is 0 Å². The van der Waals surface area contributed by atoms with Crippen LogP contribution in [-0.2, 0) is 28.6 Å². The molecule has 0 rings (SSSR count). The summed E-state index contributed by atoms with van der Waals surface area (Å²) in [6, 6.07) is 0. The molecule has 364 valence electrons. The highest BCUT2D eigenvalue weighted by Crippen LogP contribution is 2.15. The molecule has 0 saturated heterocycles. The summed E-state index contributed by atoms with van der Waals surface area (Å²) in [5.41, 5.74) is 0. The van der Waals surface area contributed by atoms with Crippen LogP contribution >= 0.6 is 0 Å². The summed E-state index contributed by atoms with van der Waals surface area (Å²) in [5.74, 6) is -0.915. The molecule has 0 aliphatic carbocycles. The van der Waals surface area contributed by atoms with E-state index in [1.807, 2.05) is 0 Å². The Hall–Kier alpha value is -2.89. The lowest BCUT2D eigenvalue weighted by Crippen LogP contribution is -2.30. The minimum atomic E-state index is -0.788. The molecule has 0 bridgehead atoms. The largest absolute Gasteiger partial charge is 0.462 e. The summed E-state index contributed by atoms with van der Waals surface area (Å²) in [5, 5.41) is 0. The van der Waals surface area contributed by atoms with Gasteiger partial charge in [-0.25, -0.2) is 0 Å². The molecule has 0 aromatic heterocycles. The number of rotatable bonds is 48. The van der Waals surface area contributed by atoms with Gasteiger partial charge in [-0.2, -0.15) is 0 Å². The third kappa shape index (κ3) is 50.0. The topological polar surface area (TPSA) is 78.9 Å². The van der Waals surface area contributed by atoms with Crippen LogP contribution in [0.1, 0.15) is 265 Å². The van der Waals surface area contributed by atoms with Crippen LogP contribution in [0.3, 0.4) is 0 Å². The summed E-state index contributed by atoms with van der Waals surface area (Å²) >= 11 is 0. The van der Waals surface area contributed by atoms with Crippen molar-refractivity contribution in [3.05, 3.63) is 60.8 Å². The summed E-state index contributed by atoms with van der Waals surface area (Å²) in [6.45, 7) is 6.49. The number of hydrogen-bond acceptors (Lipinski definition) is 6. The van der Waals surface area contributed by atoms with Crippen LogP contribution in [0.5, 0.6) is 0 Å². The van der Waals surface area contributed by atoms with Gasteiger partial charge in [0, 0.05) is 19.3 Å². The summed E-state index contributed by atoms with van der Waals surface area (Å²) in [6.07, 6.45) is 63.5. The van der Waals surface area contributed by atoms with E-state index in [9.17, 15) is 14.4 Å². The van der Waals surface area contributed by atoms with Gasteiger partial charge in [-0.05, 0) is 83.5 Å². The first-order chi connectivity index (χ1) is 31.0. The first-order valence-electron chi connectivity index (χ1n) is 26.8. The number of carbonyl (C=O) groups excluding carboxylic acids is 3. The van der Waals surface area contributed by atoms with Gasteiger partial charge in [0.25, 0.3) is 0 Å². The third-order valence-electron chi connectivity index (χ3n) is 11.5. The van der Waals surface area contributed by atoms with E-state index in [2.05, 4.69) is 81.5 Å². The lowest BCUT2D eigenvalue weighted by molar-refractivity contribution is -0.167. The predicted molar refractivity (Wildman–Crippen MR) is 270 cm³/mol. The van der Waals surface area contributed by atoms with Crippen molar-refractivity contribution in [1.29, 1.82) is 0 Å². The van der Waals surface area contributed by atoms with E-state index >= 15 is 0 Å². The molecule has 6 nitrogen and oxygen atoms in total.